The first-order valence-electron chi connectivity index (χ1n) is 11.1. The first kappa shape index (κ1) is 25.8. The zero-order valence-corrected chi connectivity index (χ0v) is 21.6. The molecule has 0 unspecified atom stereocenters. The van der Waals surface area contributed by atoms with Crippen molar-refractivity contribution in [2.75, 3.05) is 6.61 Å². The van der Waals surface area contributed by atoms with Crippen LogP contribution in [0.4, 0.5) is 0 Å². The third-order valence-electron chi connectivity index (χ3n) is 5.34. The van der Waals surface area contributed by atoms with Crippen molar-refractivity contribution < 1.29 is 24.2 Å². The van der Waals surface area contributed by atoms with Crippen LogP contribution in [0.3, 0.4) is 0 Å². The lowest BCUT2D eigenvalue weighted by molar-refractivity contribution is -0.145. The highest BCUT2D eigenvalue weighted by Gasteiger charge is 2.41. The molecule has 1 fully saturated rings. The average Bonchev–Trinajstić information content (AvgIpc) is 3.13. The molecule has 4 rings (SSSR count). The van der Waals surface area contributed by atoms with Crippen LogP contribution < -0.4 is 9.47 Å². The second-order valence-corrected chi connectivity index (χ2v) is 9.81. The summed E-state index contributed by atoms with van der Waals surface area (Å²) >= 11 is 12.7. The maximum absolute atomic E-state index is 13.2. The number of hydrogen-bond acceptors (Lipinski definition) is 6. The fourth-order valence-electron chi connectivity index (χ4n) is 3.66. The normalized spacial score (nSPS) is 15.3. The summed E-state index contributed by atoms with van der Waals surface area (Å²) in [6.45, 7) is 2.56. The monoisotopic (exact) mass is 539 g/mol. The van der Waals surface area contributed by atoms with Gasteiger partial charge in [0.2, 0.25) is 0 Å². The number of carboxylic acid groups (broad SMARTS) is 1. The van der Waals surface area contributed by atoms with E-state index < -0.39 is 17.9 Å². The number of thiocarbonyl (C=S) groups is 1. The van der Waals surface area contributed by atoms with Gasteiger partial charge < -0.3 is 14.6 Å². The zero-order valence-electron chi connectivity index (χ0n) is 19.2. The third kappa shape index (κ3) is 5.73. The van der Waals surface area contributed by atoms with Gasteiger partial charge in [-0.05, 0) is 42.3 Å². The molecule has 1 heterocycles. The van der Waals surface area contributed by atoms with Crippen molar-refractivity contribution in [1.82, 2.24) is 4.90 Å². The van der Waals surface area contributed by atoms with Crippen LogP contribution in [-0.4, -0.2) is 32.8 Å². The number of ether oxygens (including phenoxy) is 2. The van der Waals surface area contributed by atoms with Crippen molar-refractivity contribution in [1.29, 1.82) is 0 Å². The molecule has 1 N–H and O–H groups in total. The van der Waals surface area contributed by atoms with Gasteiger partial charge in [-0.3, -0.25) is 9.69 Å². The summed E-state index contributed by atoms with van der Waals surface area (Å²) in [5, 5.41) is 10.5. The highest BCUT2D eigenvalue weighted by atomic mass is 35.5. The fraction of sp³-hybridized carbons (Fsp3) is 0.148. The Labute approximate surface area is 223 Å². The van der Waals surface area contributed by atoms with Crippen LogP contribution >= 0.6 is 35.6 Å². The Hall–Kier alpha value is -3.33. The molecule has 3 aromatic rings. The first-order chi connectivity index (χ1) is 17.4. The average molecular weight is 540 g/mol. The molecule has 1 atom stereocenters. The molecule has 3 aromatic carbocycles. The van der Waals surface area contributed by atoms with E-state index in [4.69, 9.17) is 33.3 Å². The lowest BCUT2D eigenvalue weighted by atomic mass is 10.1. The number of thioether (sulfide) groups is 1. The minimum atomic E-state index is -1.20. The van der Waals surface area contributed by atoms with Crippen molar-refractivity contribution in [2.45, 2.75) is 19.6 Å². The van der Waals surface area contributed by atoms with Gasteiger partial charge in [-0.2, -0.15) is 0 Å². The van der Waals surface area contributed by atoms with Crippen molar-refractivity contribution in [3.63, 3.8) is 0 Å². The van der Waals surface area contributed by atoms with E-state index >= 15 is 0 Å². The Morgan fingerprint density at radius 1 is 1.08 bits per heavy atom. The summed E-state index contributed by atoms with van der Waals surface area (Å²) in [5.74, 6) is -0.561. The number of carbonyl (C=O) groups excluding carboxylic acids is 1. The molecule has 0 bridgehead atoms. The number of benzene rings is 3. The number of aliphatic carboxylic acids is 1. The van der Waals surface area contributed by atoms with Gasteiger partial charge in [-0.1, -0.05) is 90.2 Å². The van der Waals surface area contributed by atoms with Crippen molar-refractivity contribution >= 4 is 57.9 Å². The van der Waals surface area contributed by atoms with Gasteiger partial charge in [0.15, 0.2) is 17.5 Å². The van der Waals surface area contributed by atoms with Crippen LogP contribution in [0.25, 0.3) is 6.08 Å². The van der Waals surface area contributed by atoms with Crippen LogP contribution in [0.2, 0.25) is 5.02 Å². The molecule has 9 heteroatoms. The highest BCUT2D eigenvalue weighted by molar-refractivity contribution is 8.26. The molecular formula is C27H22ClNO5S2. The summed E-state index contributed by atoms with van der Waals surface area (Å²) in [6, 6.07) is 20.1. The van der Waals surface area contributed by atoms with Gasteiger partial charge in [0.1, 0.15) is 10.9 Å². The van der Waals surface area contributed by atoms with E-state index in [1.165, 1.54) is 0 Å². The van der Waals surface area contributed by atoms with E-state index in [2.05, 4.69) is 0 Å². The Morgan fingerprint density at radius 2 is 1.81 bits per heavy atom. The van der Waals surface area contributed by atoms with Crippen molar-refractivity contribution in [2.24, 2.45) is 0 Å². The number of nitrogens with zero attached hydrogens (tertiary/aromatic N) is 1. The minimum Gasteiger partial charge on any atom is -0.490 e. The van der Waals surface area contributed by atoms with E-state index in [1.807, 2.05) is 25.1 Å². The number of rotatable bonds is 9. The maximum atomic E-state index is 13.2. The highest BCUT2D eigenvalue weighted by Crippen LogP contribution is 2.39. The number of amides is 1. The Balaban J connectivity index is 1.58. The molecule has 1 aliphatic rings. The fourth-order valence-corrected chi connectivity index (χ4v) is 5.17. The van der Waals surface area contributed by atoms with Crippen molar-refractivity contribution in [3.05, 3.63) is 99.4 Å². The number of carboxylic acids is 1. The molecular weight excluding hydrogens is 518 g/mol. The molecule has 6 nitrogen and oxygen atoms in total. The molecule has 0 aromatic heterocycles. The molecule has 0 aliphatic carbocycles. The molecule has 1 saturated heterocycles. The van der Waals surface area contributed by atoms with Gasteiger partial charge in [0.05, 0.1) is 11.5 Å². The number of halogens is 1. The lowest BCUT2D eigenvalue weighted by Crippen LogP contribution is -2.37. The maximum Gasteiger partial charge on any atom is 0.331 e. The summed E-state index contributed by atoms with van der Waals surface area (Å²) in [7, 11) is 0. The summed E-state index contributed by atoms with van der Waals surface area (Å²) in [5.41, 5.74) is 2.01. The van der Waals surface area contributed by atoms with E-state index in [-0.39, 0.29) is 10.9 Å². The molecule has 0 spiro atoms. The zero-order chi connectivity index (χ0) is 25.7. The summed E-state index contributed by atoms with van der Waals surface area (Å²) < 4.78 is 11.9. The van der Waals surface area contributed by atoms with Crippen LogP contribution in [0, 0.1) is 0 Å². The van der Waals surface area contributed by atoms with Crippen LogP contribution in [0.5, 0.6) is 11.5 Å². The van der Waals surface area contributed by atoms with E-state index in [0.717, 1.165) is 22.2 Å². The lowest BCUT2D eigenvalue weighted by Gasteiger charge is -2.23. The standard InChI is InChI=1S/C27H22ClNO5S2/c1-2-33-22-14-17(12-13-21(22)34-16-19-10-6-7-11-20(19)28)15-23-25(30)29(27(35)36-23)24(26(31)32)18-8-4-3-5-9-18/h3-15,24H,2,16H2,1H3,(H,31,32)/b23-15-/t24-/m0/s1. The molecule has 36 heavy (non-hydrogen) atoms. The quantitative estimate of drug-likeness (QED) is 0.251. The Bertz CT molecular complexity index is 1330. The summed E-state index contributed by atoms with van der Waals surface area (Å²) in [6.07, 6.45) is 1.67. The molecule has 1 amide bonds. The topological polar surface area (TPSA) is 76.1 Å². The van der Waals surface area contributed by atoms with Crippen LogP contribution in [0.15, 0.2) is 77.7 Å². The predicted octanol–water partition coefficient (Wildman–Crippen LogP) is 6.34. The number of hydrogen-bond donors (Lipinski definition) is 1. The smallest absolute Gasteiger partial charge is 0.331 e. The second-order valence-electron chi connectivity index (χ2n) is 7.72. The Morgan fingerprint density at radius 3 is 2.50 bits per heavy atom. The van der Waals surface area contributed by atoms with Gasteiger partial charge in [-0.25, -0.2) is 4.79 Å². The van der Waals surface area contributed by atoms with E-state index in [0.29, 0.717) is 39.2 Å². The van der Waals surface area contributed by atoms with Gasteiger partial charge >= 0.3 is 5.97 Å². The molecule has 1 aliphatic heterocycles. The molecule has 0 saturated carbocycles. The van der Waals surface area contributed by atoms with Gasteiger partial charge in [0.25, 0.3) is 5.91 Å². The van der Waals surface area contributed by atoms with E-state index in [1.54, 1.807) is 60.7 Å². The van der Waals surface area contributed by atoms with Gasteiger partial charge in [-0.15, -0.1) is 0 Å². The third-order valence-corrected chi connectivity index (χ3v) is 7.04. The second kappa shape index (κ2) is 11.6. The SMILES string of the molecule is CCOc1cc(/C=C2\SC(=S)N([C@H](C(=O)O)c3ccccc3)C2=O)ccc1OCc1ccccc1Cl. The largest absolute Gasteiger partial charge is 0.490 e. The summed E-state index contributed by atoms with van der Waals surface area (Å²) in [4.78, 5) is 26.8. The number of carbonyl (C=O) groups is 2. The van der Waals surface area contributed by atoms with Gasteiger partial charge in [0, 0.05) is 10.6 Å². The minimum absolute atomic E-state index is 0.187. The van der Waals surface area contributed by atoms with Crippen LogP contribution in [0.1, 0.15) is 29.7 Å². The van der Waals surface area contributed by atoms with Crippen molar-refractivity contribution in [3.8, 4) is 11.5 Å². The molecule has 184 valence electrons. The predicted molar refractivity (Wildman–Crippen MR) is 145 cm³/mol. The van der Waals surface area contributed by atoms with E-state index in [9.17, 15) is 14.7 Å². The first-order valence-corrected chi connectivity index (χ1v) is 12.7. The van der Waals surface area contributed by atoms with Crippen LogP contribution in [-0.2, 0) is 16.2 Å². The Kier molecular flexibility index (Phi) is 8.30. The molecule has 0 radical (unpaired) electrons.